The van der Waals surface area contributed by atoms with Crippen molar-refractivity contribution in [2.24, 2.45) is 0 Å². The Morgan fingerprint density at radius 1 is 1.20 bits per heavy atom. The van der Waals surface area contributed by atoms with Gasteiger partial charge in [-0.2, -0.15) is 13.2 Å². The number of aromatic nitrogens is 2. The van der Waals surface area contributed by atoms with Crippen molar-refractivity contribution in [1.29, 1.82) is 0 Å². The Labute approximate surface area is 99.1 Å². The predicted octanol–water partition coefficient (Wildman–Crippen LogP) is 4.11. The second-order valence-corrected chi connectivity index (χ2v) is 4.49. The maximum absolute atomic E-state index is 12.3. The van der Waals surface area contributed by atoms with Crippen LogP contribution in [0.15, 0.2) is 21.1 Å². The molecule has 15 heavy (non-hydrogen) atoms. The Morgan fingerprint density at radius 2 is 1.87 bits per heavy atom. The third kappa shape index (κ3) is 1.90. The van der Waals surface area contributed by atoms with Crippen LogP contribution in [0.4, 0.5) is 13.2 Å². The molecular weight excluding hydrogens is 341 g/mol. The number of nitrogens with zero attached hydrogens (tertiary/aromatic N) is 1. The number of H-pyrrole nitrogens is 1. The average Bonchev–Trinajstić information content (AvgIpc) is 2.55. The van der Waals surface area contributed by atoms with Crippen molar-refractivity contribution in [1.82, 2.24) is 9.97 Å². The molecule has 0 spiro atoms. The lowest BCUT2D eigenvalue weighted by molar-refractivity contribution is -0.144. The monoisotopic (exact) mass is 342 g/mol. The van der Waals surface area contributed by atoms with Crippen molar-refractivity contribution >= 4 is 42.9 Å². The molecule has 0 unspecified atom stereocenters. The Hall–Kier alpha value is -0.560. The molecule has 0 amide bonds. The summed E-state index contributed by atoms with van der Waals surface area (Å²) in [4.78, 5) is 5.70. The van der Waals surface area contributed by atoms with Crippen LogP contribution in [0.1, 0.15) is 5.82 Å². The van der Waals surface area contributed by atoms with Crippen molar-refractivity contribution in [3.8, 4) is 0 Å². The average molecular weight is 344 g/mol. The van der Waals surface area contributed by atoms with E-state index in [9.17, 15) is 13.2 Å². The minimum atomic E-state index is -4.45. The van der Waals surface area contributed by atoms with Gasteiger partial charge < -0.3 is 4.98 Å². The van der Waals surface area contributed by atoms with Gasteiger partial charge >= 0.3 is 6.18 Å². The maximum atomic E-state index is 12.3. The fraction of sp³-hybridized carbons (Fsp3) is 0.125. The van der Waals surface area contributed by atoms with E-state index in [1.54, 1.807) is 6.07 Å². The zero-order valence-corrected chi connectivity index (χ0v) is 10.2. The van der Waals surface area contributed by atoms with E-state index in [0.717, 1.165) is 0 Å². The highest BCUT2D eigenvalue weighted by atomic mass is 79.9. The molecule has 0 aliphatic rings. The summed E-state index contributed by atoms with van der Waals surface area (Å²) in [6.07, 6.45) is -4.45. The smallest absolute Gasteiger partial charge is 0.334 e. The molecule has 2 aromatic rings. The summed E-state index contributed by atoms with van der Waals surface area (Å²) in [5.74, 6) is -0.990. The molecule has 1 N–H and O–H groups in total. The van der Waals surface area contributed by atoms with Crippen LogP contribution < -0.4 is 0 Å². The van der Waals surface area contributed by atoms with Crippen molar-refractivity contribution in [2.75, 3.05) is 0 Å². The van der Waals surface area contributed by atoms with Crippen LogP contribution in [0.3, 0.4) is 0 Å². The molecule has 7 heteroatoms. The number of fused-ring (bicyclic) bond motifs is 1. The number of hydrogen-bond acceptors (Lipinski definition) is 1. The first-order valence-electron chi connectivity index (χ1n) is 3.80. The number of rotatable bonds is 0. The molecule has 1 aromatic carbocycles. The first-order chi connectivity index (χ1) is 6.89. The van der Waals surface area contributed by atoms with Gasteiger partial charge in [-0.05, 0) is 44.0 Å². The van der Waals surface area contributed by atoms with E-state index in [-0.39, 0.29) is 5.52 Å². The van der Waals surface area contributed by atoms with Gasteiger partial charge in [0.05, 0.1) is 9.99 Å². The molecule has 0 saturated heterocycles. The second-order valence-electron chi connectivity index (χ2n) is 2.84. The molecular formula is C8H3Br2F3N2. The summed E-state index contributed by atoms with van der Waals surface area (Å²) < 4.78 is 38.2. The zero-order valence-electron chi connectivity index (χ0n) is 6.99. The van der Waals surface area contributed by atoms with Crippen molar-refractivity contribution in [2.45, 2.75) is 6.18 Å². The van der Waals surface area contributed by atoms with Gasteiger partial charge in [0.15, 0.2) is 0 Å². The van der Waals surface area contributed by atoms with Gasteiger partial charge in [-0.1, -0.05) is 0 Å². The SMILES string of the molecule is FC(F)(F)c1nc2c(Br)c(Br)ccc2[nH]1. The number of alkyl halides is 3. The number of aromatic amines is 1. The van der Waals surface area contributed by atoms with E-state index >= 15 is 0 Å². The van der Waals surface area contributed by atoms with E-state index in [4.69, 9.17) is 0 Å². The van der Waals surface area contributed by atoms with Crippen LogP contribution in [-0.2, 0) is 6.18 Å². The van der Waals surface area contributed by atoms with Crippen LogP contribution in [0.2, 0.25) is 0 Å². The van der Waals surface area contributed by atoms with E-state index in [1.165, 1.54) is 6.07 Å². The molecule has 0 radical (unpaired) electrons. The predicted molar refractivity (Wildman–Crippen MR) is 56.5 cm³/mol. The third-order valence-corrected chi connectivity index (χ3v) is 3.81. The fourth-order valence-electron chi connectivity index (χ4n) is 1.15. The lowest BCUT2D eigenvalue weighted by Gasteiger charge is -1.98. The Bertz CT molecular complexity index is 518. The summed E-state index contributed by atoms with van der Waals surface area (Å²) >= 11 is 6.36. The molecule has 0 aliphatic heterocycles. The molecule has 1 aromatic heterocycles. The molecule has 80 valence electrons. The summed E-state index contributed by atoms with van der Waals surface area (Å²) in [5.41, 5.74) is 0.606. The molecule has 0 fully saturated rings. The molecule has 0 bridgehead atoms. The molecule has 0 atom stereocenters. The first-order valence-corrected chi connectivity index (χ1v) is 5.39. The van der Waals surface area contributed by atoms with E-state index < -0.39 is 12.0 Å². The van der Waals surface area contributed by atoms with E-state index in [1.807, 2.05) is 0 Å². The summed E-state index contributed by atoms with van der Waals surface area (Å²) in [6.45, 7) is 0. The van der Waals surface area contributed by atoms with E-state index in [2.05, 4.69) is 41.8 Å². The number of imidazole rings is 1. The standard InChI is InChI=1S/C8H3Br2F3N2/c9-3-1-2-4-6(5(3)10)15-7(14-4)8(11,12)13/h1-2H,(H,14,15). The van der Waals surface area contributed by atoms with Crippen LogP contribution in [0.5, 0.6) is 0 Å². The van der Waals surface area contributed by atoms with Crippen molar-refractivity contribution < 1.29 is 13.2 Å². The minimum Gasteiger partial charge on any atom is -0.334 e. The molecule has 2 nitrogen and oxygen atoms in total. The molecule has 1 heterocycles. The van der Waals surface area contributed by atoms with Gasteiger partial charge in [0.2, 0.25) is 5.82 Å². The fourth-order valence-corrected chi connectivity index (χ4v) is 1.91. The lowest BCUT2D eigenvalue weighted by atomic mass is 10.3. The molecule has 2 rings (SSSR count). The Kier molecular flexibility index (Phi) is 2.54. The first kappa shape index (κ1) is 10.9. The summed E-state index contributed by atoms with van der Waals surface area (Å²) in [6, 6.07) is 3.18. The number of halogens is 5. The molecule has 0 aliphatic carbocycles. The highest BCUT2D eigenvalue weighted by molar-refractivity contribution is 9.13. The zero-order chi connectivity index (χ0) is 11.2. The summed E-state index contributed by atoms with van der Waals surface area (Å²) in [5, 5.41) is 0. The van der Waals surface area contributed by atoms with Crippen molar-refractivity contribution in [3.63, 3.8) is 0 Å². The summed E-state index contributed by atoms with van der Waals surface area (Å²) in [7, 11) is 0. The van der Waals surface area contributed by atoms with Gasteiger partial charge in [-0.3, -0.25) is 0 Å². The van der Waals surface area contributed by atoms with Gasteiger partial charge in [0, 0.05) is 4.47 Å². The Morgan fingerprint density at radius 3 is 2.47 bits per heavy atom. The highest BCUT2D eigenvalue weighted by Gasteiger charge is 2.35. The van der Waals surface area contributed by atoms with Crippen LogP contribution in [0, 0.1) is 0 Å². The molecule has 0 saturated carbocycles. The van der Waals surface area contributed by atoms with Crippen LogP contribution >= 0.6 is 31.9 Å². The van der Waals surface area contributed by atoms with Gasteiger partial charge in [-0.25, -0.2) is 4.98 Å². The Balaban J connectivity index is 2.72. The minimum absolute atomic E-state index is 0.261. The third-order valence-electron chi connectivity index (χ3n) is 1.81. The largest absolute Gasteiger partial charge is 0.449 e. The number of benzene rings is 1. The van der Waals surface area contributed by atoms with Crippen LogP contribution in [-0.4, -0.2) is 9.97 Å². The number of nitrogens with one attached hydrogen (secondary N) is 1. The maximum Gasteiger partial charge on any atom is 0.449 e. The number of hydrogen-bond donors (Lipinski definition) is 1. The van der Waals surface area contributed by atoms with Crippen molar-refractivity contribution in [3.05, 3.63) is 26.9 Å². The van der Waals surface area contributed by atoms with Gasteiger partial charge in [0.25, 0.3) is 0 Å². The highest BCUT2D eigenvalue weighted by Crippen LogP contribution is 2.34. The van der Waals surface area contributed by atoms with E-state index in [0.29, 0.717) is 14.5 Å². The quantitative estimate of drug-likeness (QED) is 0.766. The normalized spacial score (nSPS) is 12.3. The second kappa shape index (κ2) is 3.48. The topological polar surface area (TPSA) is 28.7 Å². The van der Waals surface area contributed by atoms with Gasteiger partial charge in [0.1, 0.15) is 5.52 Å². The lowest BCUT2D eigenvalue weighted by Crippen LogP contribution is -2.06. The van der Waals surface area contributed by atoms with Crippen LogP contribution in [0.25, 0.3) is 11.0 Å². The van der Waals surface area contributed by atoms with Gasteiger partial charge in [-0.15, -0.1) is 0 Å².